The summed E-state index contributed by atoms with van der Waals surface area (Å²) in [4.78, 5) is 9.63. The molecule has 0 saturated heterocycles. The van der Waals surface area contributed by atoms with Crippen LogP contribution in [0.2, 0.25) is 0 Å². The van der Waals surface area contributed by atoms with Gasteiger partial charge in [0, 0.05) is 0 Å². The van der Waals surface area contributed by atoms with E-state index in [0.717, 1.165) is 0 Å². The Morgan fingerprint density at radius 1 is 1.86 bits per heavy atom. The molecule has 0 aliphatic rings. The molecule has 0 bridgehead atoms. The van der Waals surface area contributed by atoms with Gasteiger partial charge in [-0.1, -0.05) is 0 Å². The van der Waals surface area contributed by atoms with Crippen LogP contribution in [0.3, 0.4) is 0 Å². The van der Waals surface area contributed by atoms with E-state index in [1.54, 1.807) is 13.2 Å². The van der Waals surface area contributed by atoms with Crippen molar-refractivity contribution < 1.29 is 9.35 Å². The van der Waals surface area contributed by atoms with Crippen molar-refractivity contribution in [3.8, 4) is 0 Å². The second-order valence-corrected chi connectivity index (χ2v) is 2.96. The maximum absolute atomic E-state index is 10.2. The fraction of sp³-hybridized carbons (Fsp3) is 0.750. The molecule has 0 rings (SSSR count). The van der Waals surface area contributed by atoms with Gasteiger partial charge in [0.2, 0.25) is 0 Å². The first kappa shape index (κ1) is 6.98. The second-order valence-electron chi connectivity index (χ2n) is 1.26. The first-order valence-corrected chi connectivity index (χ1v) is 3.50. The summed E-state index contributed by atoms with van der Waals surface area (Å²) in [5.74, 6) is 0. The summed E-state index contributed by atoms with van der Waals surface area (Å²) in [6.45, 7) is 1.57. The maximum Gasteiger partial charge on any atom is 0.255 e. The number of hydrogen-bond donors (Lipinski definition) is 0. The highest BCUT2D eigenvalue weighted by atomic mass is 32.2. The minimum Gasteiger partial charge on any atom is -0.616 e. The van der Waals surface area contributed by atoms with Gasteiger partial charge in [0.05, 0.1) is 6.26 Å². The standard InChI is InChI=1S/C4H7O2S/c1-4(3-5)7(2)6/h4H,1-2H3. The molecule has 0 fully saturated rings. The zero-order valence-electron chi connectivity index (χ0n) is 4.30. The average molecular weight is 119 g/mol. The van der Waals surface area contributed by atoms with Crippen LogP contribution >= 0.6 is 0 Å². The van der Waals surface area contributed by atoms with E-state index in [2.05, 4.69) is 0 Å². The monoisotopic (exact) mass is 119 g/mol. The Bertz CT molecular complexity index is 62.7. The van der Waals surface area contributed by atoms with E-state index < -0.39 is 16.4 Å². The minimum absolute atomic E-state index is 0.431. The van der Waals surface area contributed by atoms with Crippen LogP contribution in [-0.2, 0) is 16.0 Å². The number of hydrogen-bond acceptors (Lipinski definition) is 2. The lowest BCUT2D eigenvalue weighted by Gasteiger charge is -2.04. The molecular formula is C4H7O2S. The van der Waals surface area contributed by atoms with Crippen LogP contribution < -0.4 is 0 Å². The molecule has 0 aromatic heterocycles. The van der Waals surface area contributed by atoms with Crippen molar-refractivity contribution in [2.24, 2.45) is 0 Å². The summed E-state index contributed by atoms with van der Waals surface area (Å²) >= 11 is -1.03. The van der Waals surface area contributed by atoms with Gasteiger partial charge >= 0.3 is 0 Å². The minimum atomic E-state index is -1.03. The summed E-state index contributed by atoms with van der Waals surface area (Å²) in [6.07, 6.45) is 3.10. The molecule has 7 heavy (non-hydrogen) atoms. The summed E-state index contributed by atoms with van der Waals surface area (Å²) in [5, 5.41) is -0.431. The van der Waals surface area contributed by atoms with E-state index in [1.807, 2.05) is 0 Å². The van der Waals surface area contributed by atoms with E-state index in [4.69, 9.17) is 0 Å². The van der Waals surface area contributed by atoms with Crippen molar-refractivity contribution in [2.75, 3.05) is 6.26 Å². The Labute approximate surface area is 46.1 Å². The predicted molar refractivity (Wildman–Crippen MR) is 29.2 cm³/mol. The smallest absolute Gasteiger partial charge is 0.255 e. The SMILES string of the molecule is CC([C]=O)[S+](C)[O-]. The first-order chi connectivity index (χ1) is 3.18. The van der Waals surface area contributed by atoms with Gasteiger partial charge in [-0.3, -0.25) is 4.79 Å². The van der Waals surface area contributed by atoms with Crippen molar-refractivity contribution in [2.45, 2.75) is 12.2 Å². The van der Waals surface area contributed by atoms with Crippen LogP contribution in [0.25, 0.3) is 0 Å². The topological polar surface area (TPSA) is 40.1 Å². The normalized spacial score (nSPS) is 18.1. The van der Waals surface area contributed by atoms with Crippen LogP contribution in [0.5, 0.6) is 0 Å². The van der Waals surface area contributed by atoms with Crippen molar-refractivity contribution >= 4 is 17.5 Å². The van der Waals surface area contributed by atoms with Crippen LogP contribution in [0.1, 0.15) is 6.92 Å². The van der Waals surface area contributed by atoms with E-state index in [1.165, 1.54) is 6.26 Å². The Kier molecular flexibility index (Phi) is 3.04. The third kappa shape index (κ3) is 2.65. The summed E-state index contributed by atoms with van der Waals surface area (Å²) in [6, 6.07) is 0. The number of rotatable bonds is 2. The third-order valence-corrected chi connectivity index (χ3v) is 1.76. The summed E-state index contributed by atoms with van der Waals surface area (Å²) in [5.41, 5.74) is 0. The van der Waals surface area contributed by atoms with Gasteiger partial charge in [-0.2, -0.15) is 0 Å². The van der Waals surface area contributed by atoms with Crippen molar-refractivity contribution in [3.05, 3.63) is 0 Å². The molecule has 0 spiro atoms. The molecule has 2 atom stereocenters. The van der Waals surface area contributed by atoms with Crippen LogP contribution in [0.15, 0.2) is 0 Å². The highest BCUT2D eigenvalue weighted by Gasteiger charge is 2.08. The van der Waals surface area contributed by atoms with Gasteiger partial charge in [-0.05, 0) is 18.1 Å². The van der Waals surface area contributed by atoms with Crippen LogP contribution in [0.4, 0.5) is 0 Å². The molecule has 0 aliphatic carbocycles. The third-order valence-electron chi connectivity index (χ3n) is 0.664. The summed E-state index contributed by atoms with van der Waals surface area (Å²) in [7, 11) is 0. The molecule has 0 amide bonds. The average Bonchev–Trinajstić information content (AvgIpc) is 1.65. The van der Waals surface area contributed by atoms with E-state index >= 15 is 0 Å². The molecule has 0 aromatic rings. The highest BCUT2D eigenvalue weighted by Crippen LogP contribution is 1.90. The first-order valence-electron chi connectivity index (χ1n) is 1.88. The molecule has 0 heterocycles. The van der Waals surface area contributed by atoms with Crippen molar-refractivity contribution in [3.63, 3.8) is 0 Å². The van der Waals surface area contributed by atoms with E-state index in [9.17, 15) is 9.35 Å². The van der Waals surface area contributed by atoms with Gasteiger partial charge in [-0.15, -0.1) is 0 Å². The predicted octanol–water partition coefficient (Wildman–Crippen LogP) is -0.137. The zero-order chi connectivity index (χ0) is 5.86. The van der Waals surface area contributed by atoms with Gasteiger partial charge in [0.1, 0.15) is 0 Å². The molecule has 41 valence electrons. The van der Waals surface area contributed by atoms with Crippen molar-refractivity contribution in [1.29, 1.82) is 0 Å². The lowest BCUT2D eigenvalue weighted by molar-refractivity contribution is 0.549. The zero-order valence-corrected chi connectivity index (χ0v) is 5.12. The largest absolute Gasteiger partial charge is 0.616 e. The fourth-order valence-corrected chi connectivity index (χ4v) is 0.203. The lowest BCUT2D eigenvalue weighted by Crippen LogP contribution is -2.16. The Balaban J connectivity index is 3.33. The highest BCUT2D eigenvalue weighted by molar-refractivity contribution is 7.91. The molecule has 0 aromatic carbocycles. The molecule has 0 saturated carbocycles. The van der Waals surface area contributed by atoms with Crippen LogP contribution in [-0.4, -0.2) is 22.3 Å². The summed E-state index contributed by atoms with van der Waals surface area (Å²) < 4.78 is 10.2. The van der Waals surface area contributed by atoms with Gasteiger partial charge in [-0.25, -0.2) is 0 Å². The van der Waals surface area contributed by atoms with E-state index in [0.29, 0.717) is 0 Å². The molecule has 0 aliphatic heterocycles. The second kappa shape index (κ2) is 3.04. The Morgan fingerprint density at radius 3 is 2.29 bits per heavy atom. The fourth-order valence-electron chi connectivity index (χ4n) is 0.0678. The molecular weight excluding hydrogens is 112 g/mol. The van der Waals surface area contributed by atoms with Crippen LogP contribution in [0, 0.1) is 0 Å². The van der Waals surface area contributed by atoms with Gasteiger partial charge < -0.3 is 4.55 Å². The lowest BCUT2D eigenvalue weighted by atomic mass is 10.5. The number of carbonyl (C=O) groups excluding carboxylic acids is 1. The van der Waals surface area contributed by atoms with Gasteiger partial charge in [0.25, 0.3) is 6.29 Å². The molecule has 0 N–H and O–H groups in total. The molecule has 2 unspecified atom stereocenters. The molecule has 3 heteroatoms. The molecule has 2 nitrogen and oxygen atoms in total. The van der Waals surface area contributed by atoms with Crippen molar-refractivity contribution in [1.82, 2.24) is 0 Å². The Hall–Kier alpha value is -0.0200. The maximum atomic E-state index is 10.2. The quantitative estimate of drug-likeness (QED) is 0.475. The Morgan fingerprint density at radius 2 is 2.29 bits per heavy atom. The molecule has 1 radical (unpaired) electrons. The van der Waals surface area contributed by atoms with E-state index in [-0.39, 0.29) is 0 Å². The van der Waals surface area contributed by atoms with Gasteiger partial charge in [0.15, 0.2) is 5.25 Å².